The van der Waals surface area contributed by atoms with E-state index < -0.39 is 17.9 Å². The lowest BCUT2D eigenvalue weighted by molar-refractivity contribution is -0.138. The quantitative estimate of drug-likeness (QED) is 0.885. The molecular formula is C13H12N4O3S. The third kappa shape index (κ3) is 2.45. The van der Waals surface area contributed by atoms with Gasteiger partial charge >= 0.3 is 12.0 Å². The highest BCUT2D eigenvalue weighted by Crippen LogP contribution is 2.36. The molecule has 0 spiro atoms. The summed E-state index contributed by atoms with van der Waals surface area (Å²) in [5, 5.41) is 20.7. The number of aliphatic carboxylic acids is 1. The van der Waals surface area contributed by atoms with Gasteiger partial charge in [0.2, 0.25) is 5.13 Å². The van der Waals surface area contributed by atoms with Crippen LogP contribution in [0, 0.1) is 6.92 Å². The molecule has 1 atom stereocenters. The van der Waals surface area contributed by atoms with E-state index in [2.05, 4.69) is 15.5 Å². The Balaban J connectivity index is 1.86. The van der Waals surface area contributed by atoms with Crippen molar-refractivity contribution in [2.75, 3.05) is 16.8 Å². The van der Waals surface area contributed by atoms with Gasteiger partial charge in [0.25, 0.3) is 0 Å². The second-order valence-electron chi connectivity index (χ2n) is 4.62. The first-order chi connectivity index (χ1) is 10.1. The van der Waals surface area contributed by atoms with Gasteiger partial charge in [0.05, 0.1) is 0 Å². The predicted molar refractivity (Wildman–Crippen MR) is 77.8 cm³/mol. The maximum absolute atomic E-state index is 12.3. The van der Waals surface area contributed by atoms with Crippen LogP contribution in [0.1, 0.15) is 16.5 Å². The summed E-state index contributed by atoms with van der Waals surface area (Å²) in [7, 11) is 0. The van der Waals surface area contributed by atoms with Gasteiger partial charge in [-0.15, -0.1) is 10.2 Å². The van der Waals surface area contributed by atoms with Crippen molar-refractivity contribution in [3.63, 3.8) is 0 Å². The molecular weight excluding hydrogens is 292 g/mol. The first-order valence-electron chi connectivity index (χ1n) is 6.26. The number of benzene rings is 1. The van der Waals surface area contributed by atoms with Crippen LogP contribution in [0.5, 0.6) is 0 Å². The van der Waals surface area contributed by atoms with E-state index in [1.54, 1.807) is 31.2 Å². The molecule has 0 radical (unpaired) electrons. The van der Waals surface area contributed by atoms with Crippen LogP contribution in [0.25, 0.3) is 0 Å². The third-order valence-corrected chi connectivity index (χ3v) is 4.01. The molecule has 1 aromatic heterocycles. The van der Waals surface area contributed by atoms with Crippen molar-refractivity contribution in [2.45, 2.75) is 12.8 Å². The van der Waals surface area contributed by atoms with Crippen molar-refractivity contribution in [2.24, 2.45) is 0 Å². The summed E-state index contributed by atoms with van der Waals surface area (Å²) in [5.74, 6) is -1.65. The van der Waals surface area contributed by atoms with Crippen LogP contribution in [0.2, 0.25) is 0 Å². The number of nitrogens with one attached hydrogen (secondary N) is 1. The molecule has 2 aromatic rings. The highest BCUT2D eigenvalue weighted by molar-refractivity contribution is 7.15. The van der Waals surface area contributed by atoms with E-state index in [9.17, 15) is 14.7 Å². The summed E-state index contributed by atoms with van der Waals surface area (Å²) in [4.78, 5) is 25.1. The van der Waals surface area contributed by atoms with Crippen LogP contribution in [0.15, 0.2) is 24.3 Å². The number of carbonyl (C=O) groups is 2. The number of fused-ring (bicyclic) bond motifs is 1. The molecule has 108 valence electrons. The topological polar surface area (TPSA) is 95.4 Å². The van der Waals surface area contributed by atoms with Crippen molar-refractivity contribution in [3.05, 3.63) is 34.8 Å². The van der Waals surface area contributed by atoms with Crippen LogP contribution in [-0.2, 0) is 4.79 Å². The van der Waals surface area contributed by atoms with Crippen molar-refractivity contribution in [1.82, 2.24) is 10.2 Å². The molecule has 2 N–H and O–H groups in total. The number of carboxylic acid groups (broad SMARTS) is 1. The van der Waals surface area contributed by atoms with E-state index in [0.717, 1.165) is 5.01 Å². The normalized spacial score (nSPS) is 16.6. The summed E-state index contributed by atoms with van der Waals surface area (Å²) in [6, 6.07) is 6.62. The molecule has 3 rings (SSSR count). The van der Waals surface area contributed by atoms with Crippen LogP contribution < -0.4 is 10.2 Å². The fourth-order valence-electron chi connectivity index (χ4n) is 2.32. The van der Waals surface area contributed by atoms with E-state index in [0.29, 0.717) is 16.4 Å². The van der Waals surface area contributed by atoms with E-state index in [1.807, 2.05) is 0 Å². The second kappa shape index (κ2) is 5.13. The van der Waals surface area contributed by atoms with E-state index in [-0.39, 0.29) is 6.54 Å². The number of rotatable bonds is 2. The van der Waals surface area contributed by atoms with Crippen molar-refractivity contribution < 1.29 is 14.7 Å². The molecule has 1 aromatic carbocycles. The first-order valence-corrected chi connectivity index (χ1v) is 7.08. The maximum Gasteiger partial charge on any atom is 0.328 e. The van der Waals surface area contributed by atoms with Gasteiger partial charge in [-0.05, 0) is 18.6 Å². The molecule has 8 heteroatoms. The average molecular weight is 304 g/mol. The first kappa shape index (κ1) is 13.5. The summed E-state index contributed by atoms with van der Waals surface area (Å²) in [6.07, 6.45) is 0. The molecule has 2 heterocycles. The van der Waals surface area contributed by atoms with E-state index in [1.165, 1.54) is 16.2 Å². The monoisotopic (exact) mass is 304 g/mol. The van der Waals surface area contributed by atoms with Crippen LogP contribution in [0.3, 0.4) is 0 Å². The van der Waals surface area contributed by atoms with Gasteiger partial charge in [-0.25, -0.2) is 4.79 Å². The van der Waals surface area contributed by atoms with Crippen LogP contribution >= 0.6 is 11.3 Å². The lowest BCUT2D eigenvalue weighted by atomic mass is 10.0. The molecule has 1 aliphatic heterocycles. The van der Waals surface area contributed by atoms with Crippen LogP contribution in [0.4, 0.5) is 15.6 Å². The molecule has 0 fully saturated rings. The van der Waals surface area contributed by atoms with Crippen molar-refractivity contribution in [3.8, 4) is 0 Å². The Bertz CT molecular complexity index is 715. The maximum atomic E-state index is 12.3. The smallest absolute Gasteiger partial charge is 0.328 e. The van der Waals surface area contributed by atoms with Crippen LogP contribution in [-0.4, -0.2) is 33.8 Å². The van der Waals surface area contributed by atoms with Gasteiger partial charge in [-0.3, -0.25) is 15.0 Å². The van der Waals surface area contributed by atoms with Gasteiger partial charge in [0, 0.05) is 12.2 Å². The zero-order valence-corrected chi connectivity index (χ0v) is 11.9. The molecule has 0 saturated heterocycles. The number of para-hydroxylation sites is 1. The fraction of sp³-hybridized carbons (Fsp3) is 0.231. The van der Waals surface area contributed by atoms with E-state index in [4.69, 9.17) is 0 Å². The number of anilines is 2. The van der Waals surface area contributed by atoms with E-state index >= 15 is 0 Å². The zero-order chi connectivity index (χ0) is 15.0. The minimum atomic E-state index is -0.940. The van der Waals surface area contributed by atoms with Crippen molar-refractivity contribution >= 4 is 34.2 Å². The molecule has 0 aliphatic carbocycles. The lowest BCUT2D eigenvalue weighted by Crippen LogP contribution is -2.35. The van der Waals surface area contributed by atoms with Gasteiger partial charge in [-0.1, -0.05) is 29.5 Å². The Morgan fingerprint density at radius 1 is 1.38 bits per heavy atom. The number of nitrogens with zero attached hydrogens (tertiary/aromatic N) is 3. The molecule has 21 heavy (non-hydrogen) atoms. The summed E-state index contributed by atoms with van der Waals surface area (Å²) in [6.45, 7) is 1.90. The predicted octanol–water partition coefficient (Wildman–Crippen LogP) is 2.07. The van der Waals surface area contributed by atoms with Gasteiger partial charge in [0.1, 0.15) is 10.9 Å². The van der Waals surface area contributed by atoms with Gasteiger partial charge < -0.3 is 5.11 Å². The molecule has 0 bridgehead atoms. The van der Waals surface area contributed by atoms with Gasteiger partial charge in [0.15, 0.2) is 0 Å². The summed E-state index contributed by atoms with van der Waals surface area (Å²) >= 11 is 1.27. The Labute approximate surface area is 124 Å². The number of aromatic nitrogens is 2. The Hall–Kier alpha value is -2.48. The highest BCUT2D eigenvalue weighted by atomic mass is 32.1. The Morgan fingerprint density at radius 2 is 2.14 bits per heavy atom. The lowest BCUT2D eigenvalue weighted by Gasteiger charge is -2.16. The number of hydrogen-bond acceptors (Lipinski definition) is 5. The zero-order valence-electron chi connectivity index (χ0n) is 11.1. The fourth-order valence-corrected chi connectivity index (χ4v) is 2.90. The van der Waals surface area contributed by atoms with Gasteiger partial charge in [-0.2, -0.15) is 0 Å². The molecule has 0 saturated carbocycles. The average Bonchev–Trinajstić information content (AvgIpc) is 3.02. The number of carboxylic acids is 1. The Kier molecular flexibility index (Phi) is 3.30. The van der Waals surface area contributed by atoms with Crippen molar-refractivity contribution in [1.29, 1.82) is 0 Å². The number of amides is 2. The summed E-state index contributed by atoms with van der Waals surface area (Å²) in [5.41, 5.74) is 1.26. The second-order valence-corrected chi connectivity index (χ2v) is 5.80. The SMILES string of the molecule is Cc1nnc(NC(=O)N2CC(C(=O)O)c3ccccc32)s1. The third-order valence-electron chi connectivity index (χ3n) is 3.25. The minimum Gasteiger partial charge on any atom is -0.481 e. The standard InChI is InChI=1S/C13H12N4O3S/c1-7-15-16-12(21-7)14-13(20)17-6-9(11(18)19)8-4-2-3-5-10(8)17/h2-5,9H,6H2,1H3,(H,18,19)(H,14,16,20). The molecule has 1 unspecified atom stereocenters. The molecule has 1 aliphatic rings. The summed E-state index contributed by atoms with van der Waals surface area (Å²) < 4.78 is 0. The largest absolute Gasteiger partial charge is 0.481 e. The minimum absolute atomic E-state index is 0.109. The number of hydrogen-bond donors (Lipinski definition) is 2. The number of aryl methyl sites for hydroxylation is 1. The molecule has 7 nitrogen and oxygen atoms in total. The highest BCUT2D eigenvalue weighted by Gasteiger charge is 2.36. The Morgan fingerprint density at radius 3 is 2.81 bits per heavy atom. The molecule has 2 amide bonds. The number of urea groups is 1. The number of carbonyl (C=O) groups excluding carboxylic acids is 1.